The van der Waals surface area contributed by atoms with E-state index in [1.165, 1.54) is 12.3 Å². The molecule has 2 heterocycles. The molecule has 126 valence electrons. The molecule has 7 nitrogen and oxygen atoms in total. The SMILES string of the molecule is O=C(N[C@H](CO)c1ccccc1)c1ccnc(Nc2ccncc2)n1. The lowest BCUT2D eigenvalue weighted by atomic mass is 10.1. The highest BCUT2D eigenvalue weighted by Gasteiger charge is 2.16. The van der Waals surface area contributed by atoms with E-state index < -0.39 is 6.04 Å². The van der Waals surface area contributed by atoms with Crippen LogP contribution in [0.25, 0.3) is 0 Å². The molecule has 0 saturated heterocycles. The van der Waals surface area contributed by atoms with Crippen LogP contribution in [-0.2, 0) is 0 Å². The minimum atomic E-state index is -0.500. The molecule has 0 aliphatic carbocycles. The van der Waals surface area contributed by atoms with Gasteiger partial charge in [-0.25, -0.2) is 9.97 Å². The second kappa shape index (κ2) is 7.98. The highest BCUT2D eigenvalue weighted by atomic mass is 16.3. The van der Waals surface area contributed by atoms with Gasteiger partial charge in [0.25, 0.3) is 5.91 Å². The van der Waals surface area contributed by atoms with Crippen LogP contribution in [0, 0.1) is 0 Å². The summed E-state index contributed by atoms with van der Waals surface area (Å²) in [5.74, 6) is -0.0813. The number of rotatable bonds is 6. The largest absolute Gasteiger partial charge is 0.394 e. The maximum Gasteiger partial charge on any atom is 0.270 e. The molecule has 3 rings (SSSR count). The lowest BCUT2D eigenvalue weighted by Gasteiger charge is -2.16. The molecule has 3 aromatic rings. The van der Waals surface area contributed by atoms with Gasteiger partial charge in [-0.2, -0.15) is 0 Å². The predicted octanol–water partition coefficient (Wildman–Crippen LogP) is 2.08. The number of hydrogen-bond donors (Lipinski definition) is 3. The summed E-state index contributed by atoms with van der Waals surface area (Å²) in [5.41, 5.74) is 1.80. The third-order valence-electron chi connectivity index (χ3n) is 3.51. The van der Waals surface area contributed by atoms with E-state index in [9.17, 15) is 9.90 Å². The number of carbonyl (C=O) groups is 1. The highest BCUT2D eigenvalue weighted by molar-refractivity contribution is 5.92. The van der Waals surface area contributed by atoms with E-state index in [0.717, 1.165) is 11.3 Å². The van der Waals surface area contributed by atoms with E-state index >= 15 is 0 Å². The summed E-state index contributed by atoms with van der Waals surface area (Å²) in [4.78, 5) is 24.7. The fourth-order valence-corrected chi connectivity index (χ4v) is 2.26. The van der Waals surface area contributed by atoms with Crippen LogP contribution in [0.15, 0.2) is 67.1 Å². The molecule has 2 aromatic heterocycles. The van der Waals surface area contributed by atoms with Crippen molar-refractivity contribution in [3.05, 3.63) is 78.4 Å². The van der Waals surface area contributed by atoms with Crippen LogP contribution in [0.5, 0.6) is 0 Å². The first-order valence-electron chi connectivity index (χ1n) is 7.73. The molecule has 0 spiro atoms. The van der Waals surface area contributed by atoms with Gasteiger partial charge in [-0.05, 0) is 23.8 Å². The standard InChI is InChI=1S/C18H17N5O2/c24-12-16(13-4-2-1-3-5-13)22-17(25)15-8-11-20-18(23-15)21-14-6-9-19-10-7-14/h1-11,16,24H,12H2,(H,22,25)(H,19,20,21,23)/t16-/m1/s1. The first kappa shape index (κ1) is 16.5. The van der Waals surface area contributed by atoms with Crippen LogP contribution < -0.4 is 10.6 Å². The van der Waals surface area contributed by atoms with Crippen molar-refractivity contribution in [3.8, 4) is 0 Å². The second-order valence-corrected chi connectivity index (χ2v) is 5.25. The molecule has 1 atom stereocenters. The Bertz CT molecular complexity index is 827. The summed E-state index contributed by atoms with van der Waals surface area (Å²) >= 11 is 0. The van der Waals surface area contributed by atoms with E-state index in [2.05, 4.69) is 25.6 Å². The van der Waals surface area contributed by atoms with E-state index in [1.807, 2.05) is 30.3 Å². The van der Waals surface area contributed by atoms with Gasteiger partial charge in [0.1, 0.15) is 5.69 Å². The average molecular weight is 335 g/mol. The zero-order valence-corrected chi connectivity index (χ0v) is 13.3. The van der Waals surface area contributed by atoms with Crippen molar-refractivity contribution < 1.29 is 9.90 Å². The lowest BCUT2D eigenvalue weighted by Crippen LogP contribution is -2.31. The number of hydrogen-bond acceptors (Lipinski definition) is 6. The number of anilines is 2. The van der Waals surface area contributed by atoms with Gasteiger partial charge in [0, 0.05) is 24.3 Å². The summed E-state index contributed by atoms with van der Waals surface area (Å²) in [6, 6.07) is 13.8. The fourth-order valence-electron chi connectivity index (χ4n) is 2.26. The molecule has 1 aromatic carbocycles. The van der Waals surface area contributed by atoms with Crippen LogP contribution in [0.4, 0.5) is 11.6 Å². The van der Waals surface area contributed by atoms with Crippen LogP contribution in [-0.4, -0.2) is 32.6 Å². The van der Waals surface area contributed by atoms with Crippen LogP contribution >= 0.6 is 0 Å². The summed E-state index contributed by atoms with van der Waals surface area (Å²) in [5, 5.41) is 15.3. The van der Waals surface area contributed by atoms with Crippen LogP contribution in [0.1, 0.15) is 22.1 Å². The Morgan fingerprint density at radius 1 is 1.04 bits per heavy atom. The van der Waals surface area contributed by atoms with E-state index in [4.69, 9.17) is 0 Å². The van der Waals surface area contributed by atoms with Crippen molar-refractivity contribution in [2.75, 3.05) is 11.9 Å². The number of amides is 1. The topological polar surface area (TPSA) is 100 Å². The molecule has 0 radical (unpaired) electrons. The molecule has 3 N–H and O–H groups in total. The fraction of sp³-hybridized carbons (Fsp3) is 0.111. The number of nitrogens with one attached hydrogen (secondary N) is 2. The molecule has 0 aliphatic heterocycles. The second-order valence-electron chi connectivity index (χ2n) is 5.25. The smallest absolute Gasteiger partial charge is 0.270 e. The minimum Gasteiger partial charge on any atom is -0.394 e. The molecule has 0 saturated carbocycles. The first-order chi connectivity index (χ1) is 12.3. The zero-order valence-electron chi connectivity index (χ0n) is 13.3. The third-order valence-corrected chi connectivity index (χ3v) is 3.51. The Labute approximate surface area is 144 Å². The minimum absolute atomic E-state index is 0.205. The molecule has 7 heteroatoms. The number of aliphatic hydroxyl groups excluding tert-OH is 1. The van der Waals surface area contributed by atoms with Gasteiger partial charge in [-0.1, -0.05) is 30.3 Å². The van der Waals surface area contributed by atoms with E-state index in [-0.39, 0.29) is 18.2 Å². The van der Waals surface area contributed by atoms with Crippen molar-refractivity contribution in [1.82, 2.24) is 20.3 Å². The van der Waals surface area contributed by atoms with Gasteiger partial charge in [0.05, 0.1) is 12.6 Å². The number of aromatic nitrogens is 3. The van der Waals surface area contributed by atoms with Crippen LogP contribution in [0.2, 0.25) is 0 Å². The Balaban J connectivity index is 1.73. The Kier molecular flexibility index (Phi) is 5.28. The number of carbonyl (C=O) groups excluding carboxylic acids is 1. The highest BCUT2D eigenvalue weighted by Crippen LogP contribution is 2.14. The Morgan fingerprint density at radius 2 is 1.80 bits per heavy atom. The monoisotopic (exact) mass is 335 g/mol. The Hall–Kier alpha value is -3.32. The van der Waals surface area contributed by atoms with Crippen molar-refractivity contribution >= 4 is 17.5 Å². The zero-order chi connectivity index (χ0) is 17.5. The van der Waals surface area contributed by atoms with Gasteiger partial charge >= 0.3 is 0 Å². The maximum absolute atomic E-state index is 12.4. The van der Waals surface area contributed by atoms with E-state index in [0.29, 0.717) is 5.95 Å². The van der Waals surface area contributed by atoms with Crippen LogP contribution in [0.3, 0.4) is 0 Å². The van der Waals surface area contributed by atoms with Crippen molar-refractivity contribution in [3.63, 3.8) is 0 Å². The Morgan fingerprint density at radius 3 is 2.52 bits per heavy atom. The summed E-state index contributed by atoms with van der Waals surface area (Å²) in [6.45, 7) is -0.205. The summed E-state index contributed by atoms with van der Waals surface area (Å²) < 4.78 is 0. The third kappa shape index (κ3) is 4.36. The molecular weight excluding hydrogens is 318 g/mol. The quantitative estimate of drug-likeness (QED) is 0.638. The van der Waals surface area contributed by atoms with Gasteiger partial charge in [-0.15, -0.1) is 0 Å². The van der Waals surface area contributed by atoms with Crippen molar-refractivity contribution in [2.45, 2.75) is 6.04 Å². The lowest BCUT2D eigenvalue weighted by molar-refractivity contribution is 0.0911. The normalized spacial score (nSPS) is 11.6. The van der Waals surface area contributed by atoms with Gasteiger partial charge in [0.15, 0.2) is 0 Å². The first-order valence-corrected chi connectivity index (χ1v) is 7.73. The molecule has 0 unspecified atom stereocenters. The average Bonchev–Trinajstić information content (AvgIpc) is 2.67. The molecular formula is C18H17N5O2. The van der Waals surface area contributed by atoms with Gasteiger partial charge in [-0.3, -0.25) is 9.78 Å². The number of pyridine rings is 1. The molecule has 25 heavy (non-hydrogen) atoms. The molecule has 0 bridgehead atoms. The number of aliphatic hydroxyl groups is 1. The molecule has 1 amide bonds. The van der Waals surface area contributed by atoms with Crippen molar-refractivity contribution in [2.24, 2.45) is 0 Å². The van der Waals surface area contributed by atoms with Gasteiger partial charge < -0.3 is 15.7 Å². The predicted molar refractivity (Wildman–Crippen MR) is 93.3 cm³/mol. The summed E-state index contributed by atoms with van der Waals surface area (Å²) in [7, 11) is 0. The molecule has 0 fully saturated rings. The van der Waals surface area contributed by atoms with E-state index in [1.54, 1.807) is 24.5 Å². The maximum atomic E-state index is 12.4. The summed E-state index contributed by atoms with van der Waals surface area (Å²) in [6.07, 6.45) is 4.79. The van der Waals surface area contributed by atoms with Gasteiger partial charge in [0.2, 0.25) is 5.95 Å². The number of nitrogens with zero attached hydrogens (tertiary/aromatic N) is 3. The number of benzene rings is 1. The van der Waals surface area contributed by atoms with Crippen molar-refractivity contribution in [1.29, 1.82) is 0 Å². The molecule has 0 aliphatic rings.